The molecule has 0 saturated heterocycles. The summed E-state index contributed by atoms with van der Waals surface area (Å²) in [6.07, 6.45) is 0.360. The van der Waals surface area contributed by atoms with E-state index in [0.717, 1.165) is 14.7 Å². The Bertz CT molecular complexity index is 1390. The number of hydrazone groups is 1. The Labute approximate surface area is 212 Å². The maximum atomic E-state index is 13.4. The van der Waals surface area contributed by atoms with E-state index in [0.29, 0.717) is 18.0 Å². The normalized spacial score (nSPS) is 11.5. The standard InChI is InChI=1S/C24H17BrF2N4O3S/c25-17-8-10-18(11-9-17)28-29-22(21(32)16-6-12-19(13-7-16)33-23(26)27)31-24(35)34-20(30-31)14-15-4-2-1-3-5-15/h1-13,23,28H,14H2/b29-22+. The van der Waals surface area contributed by atoms with Crippen molar-refractivity contribution in [2.45, 2.75) is 13.0 Å². The highest BCUT2D eigenvalue weighted by Crippen LogP contribution is 2.18. The van der Waals surface area contributed by atoms with Crippen LogP contribution in [0.25, 0.3) is 0 Å². The van der Waals surface area contributed by atoms with Crippen molar-refractivity contribution in [1.82, 2.24) is 9.78 Å². The van der Waals surface area contributed by atoms with Crippen LogP contribution in [0.1, 0.15) is 21.8 Å². The summed E-state index contributed by atoms with van der Waals surface area (Å²) >= 11 is 8.68. The van der Waals surface area contributed by atoms with Crippen LogP contribution in [0.2, 0.25) is 0 Å². The monoisotopic (exact) mass is 558 g/mol. The molecule has 0 aliphatic rings. The lowest BCUT2D eigenvalue weighted by atomic mass is 10.1. The minimum atomic E-state index is -2.97. The molecule has 7 nitrogen and oxygen atoms in total. The number of anilines is 1. The lowest BCUT2D eigenvalue weighted by Gasteiger charge is -2.08. The Morgan fingerprint density at radius 3 is 2.43 bits per heavy atom. The Morgan fingerprint density at radius 2 is 1.77 bits per heavy atom. The van der Waals surface area contributed by atoms with Gasteiger partial charge in [0.25, 0.3) is 4.84 Å². The highest BCUT2D eigenvalue weighted by molar-refractivity contribution is 9.10. The summed E-state index contributed by atoms with van der Waals surface area (Å²) in [6, 6.07) is 21.9. The molecule has 1 N–H and O–H groups in total. The van der Waals surface area contributed by atoms with Gasteiger partial charge >= 0.3 is 6.61 Å². The van der Waals surface area contributed by atoms with Crippen molar-refractivity contribution >= 4 is 45.5 Å². The molecule has 0 aliphatic carbocycles. The zero-order valence-corrected chi connectivity index (χ0v) is 20.3. The number of benzene rings is 3. The van der Waals surface area contributed by atoms with E-state index in [-0.39, 0.29) is 22.0 Å². The minimum absolute atomic E-state index is 0.0710. The van der Waals surface area contributed by atoms with Gasteiger partial charge in [-0.1, -0.05) is 46.3 Å². The highest BCUT2D eigenvalue weighted by atomic mass is 79.9. The summed E-state index contributed by atoms with van der Waals surface area (Å²) in [5.74, 6) is -0.505. The topological polar surface area (TPSA) is 81.7 Å². The molecule has 178 valence electrons. The van der Waals surface area contributed by atoms with Gasteiger partial charge < -0.3 is 9.15 Å². The first-order valence-corrected chi connectivity index (χ1v) is 11.4. The van der Waals surface area contributed by atoms with Gasteiger partial charge in [-0.05, 0) is 66.3 Å². The second-order valence-electron chi connectivity index (χ2n) is 7.12. The molecule has 0 spiro atoms. The fourth-order valence-corrected chi connectivity index (χ4v) is 3.53. The van der Waals surface area contributed by atoms with E-state index in [2.05, 4.69) is 36.3 Å². The molecule has 4 rings (SSSR count). The van der Waals surface area contributed by atoms with Crippen molar-refractivity contribution in [2.75, 3.05) is 5.43 Å². The van der Waals surface area contributed by atoms with Crippen LogP contribution >= 0.6 is 28.1 Å². The molecule has 0 fully saturated rings. The molecule has 0 atom stereocenters. The quantitative estimate of drug-likeness (QED) is 0.0896. The molecule has 0 saturated carbocycles. The van der Waals surface area contributed by atoms with Gasteiger partial charge in [-0.15, -0.1) is 5.10 Å². The van der Waals surface area contributed by atoms with Crippen molar-refractivity contribution in [3.05, 3.63) is 105 Å². The van der Waals surface area contributed by atoms with Crippen molar-refractivity contribution < 1.29 is 22.7 Å². The van der Waals surface area contributed by atoms with Crippen LogP contribution in [-0.4, -0.2) is 28.0 Å². The molecule has 11 heteroatoms. The Kier molecular flexibility index (Phi) is 7.78. The lowest BCUT2D eigenvalue weighted by molar-refractivity contribution is -0.0498. The van der Waals surface area contributed by atoms with Crippen molar-refractivity contribution in [2.24, 2.45) is 5.10 Å². The molecule has 1 aromatic heterocycles. The van der Waals surface area contributed by atoms with Gasteiger partial charge in [0.05, 0.1) is 12.1 Å². The second-order valence-corrected chi connectivity index (χ2v) is 8.39. The SMILES string of the molecule is O=C(/C(=N\Nc1ccc(Br)cc1)n1nc(Cc2ccccc2)oc1=S)c1ccc(OC(F)F)cc1. The smallest absolute Gasteiger partial charge is 0.387 e. The van der Waals surface area contributed by atoms with Gasteiger partial charge in [-0.2, -0.15) is 18.6 Å². The number of carbonyl (C=O) groups excluding carboxylic acids is 1. The van der Waals surface area contributed by atoms with Crippen LogP contribution in [0.5, 0.6) is 5.75 Å². The summed E-state index contributed by atoms with van der Waals surface area (Å²) < 4.78 is 36.9. The molecular weight excluding hydrogens is 542 g/mol. The van der Waals surface area contributed by atoms with E-state index < -0.39 is 12.4 Å². The van der Waals surface area contributed by atoms with E-state index in [4.69, 9.17) is 16.6 Å². The van der Waals surface area contributed by atoms with Crippen LogP contribution in [0, 0.1) is 4.84 Å². The number of hydrogen-bond donors (Lipinski definition) is 1. The number of Topliss-reactive ketones (excluding diaryl/α,β-unsaturated/α-hetero) is 1. The number of alkyl halides is 2. The maximum Gasteiger partial charge on any atom is 0.387 e. The van der Waals surface area contributed by atoms with Crippen LogP contribution in [-0.2, 0) is 6.42 Å². The molecule has 0 aliphatic heterocycles. The van der Waals surface area contributed by atoms with Crippen molar-refractivity contribution in [3.8, 4) is 5.75 Å². The summed E-state index contributed by atoms with van der Waals surface area (Å²) in [5, 5.41) is 8.60. The van der Waals surface area contributed by atoms with Gasteiger partial charge in [0.1, 0.15) is 5.75 Å². The fraction of sp³-hybridized carbons (Fsp3) is 0.0833. The van der Waals surface area contributed by atoms with E-state index in [1.165, 1.54) is 24.3 Å². The predicted octanol–water partition coefficient (Wildman–Crippen LogP) is 6.32. The first-order valence-electron chi connectivity index (χ1n) is 10.2. The Hall–Kier alpha value is -3.70. The molecule has 0 amide bonds. The molecule has 0 radical (unpaired) electrons. The third-order valence-corrected chi connectivity index (χ3v) is 5.45. The fourth-order valence-electron chi connectivity index (χ4n) is 3.05. The van der Waals surface area contributed by atoms with Crippen LogP contribution in [0.3, 0.4) is 0 Å². The minimum Gasteiger partial charge on any atom is -0.435 e. The molecule has 0 bridgehead atoms. The van der Waals surface area contributed by atoms with Crippen LogP contribution < -0.4 is 10.2 Å². The molecule has 0 unspecified atom stereocenters. The molecule has 35 heavy (non-hydrogen) atoms. The average molecular weight is 559 g/mol. The zero-order valence-electron chi connectivity index (χ0n) is 17.9. The summed E-state index contributed by atoms with van der Waals surface area (Å²) in [4.78, 5) is 13.3. The van der Waals surface area contributed by atoms with E-state index in [1.54, 1.807) is 24.3 Å². The molecule has 3 aromatic carbocycles. The number of ketones is 1. The van der Waals surface area contributed by atoms with Gasteiger partial charge in [0, 0.05) is 10.0 Å². The second kappa shape index (κ2) is 11.2. The average Bonchev–Trinajstić information content (AvgIpc) is 3.20. The number of halogens is 3. The number of carbonyl (C=O) groups is 1. The van der Waals surface area contributed by atoms with Crippen molar-refractivity contribution in [1.29, 1.82) is 0 Å². The number of nitrogens with one attached hydrogen (secondary N) is 1. The number of ether oxygens (including phenoxy) is 1. The van der Waals surface area contributed by atoms with Gasteiger partial charge in [0.2, 0.25) is 17.5 Å². The highest BCUT2D eigenvalue weighted by Gasteiger charge is 2.21. The van der Waals surface area contributed by atoms with Gasteiger partial charge in [0.15, 0.2) is 0 Å². The van der Waals surface area contributed by atoms with E-state index in [1.807, 2.05) is 30.3 Å². The van der Waals surface area contributed by atoms with Crippen molar-refractivity contribution in [3.63, 3.8) is 0 Å². The molecule has 4 aromatic rings. The summed E-state index contributed by atoms with van der Waals surface area (Å²) in [5.41, 5.74) is 4.54. The molecule has 1 heterocycles. The first-order chi connectivity index (χ1) is 16.9. The third kappa shape index (κ3) is 6.46. The summed E-state index contributed by atoms with van der Waals surface area (Å²) in [7, 11) is 0. The number of aromatic nitrogens is 2. The first kappa shape index (κ1) is 24.4. The van der Waals surface area contributed by atoms with Crippen LogP contribution in [0.4, 0.5) is 14.5 Å². The third-order valence-electron chi connectivity index (χ3n) is 4.67. The number of hydrogen-bond acceptors (Lipinski definition) is 7. The lowest BCUT2D eigenvalue weighted by Crippen LogP contribution is -2.26. The number of nitrogens with zero attached hydrogens (tertiary/aromatic N) is 3. The Balaban J connectivity index is 1.67. The van der Waals surface area contributed by atoms with Gasteiger partial charge in [-0.25, -0.2) is 0 Å². The maximum absolute atomic E-state index is 13.4. The van der Waals surface area contributed by atoms with Gasteiger partial charge in [-0.3, -0.25) is 10.2 Å². The largest absolute Gasteiger partial charge is 0.435 e. The summed E-state index contributed by atoms with van der Waals surface area (Å²) in [6.45, 7) is -2.97. The van der Waals surface area contributed by atoms with E-state index >= 15 is 0 Å². The zero-order chi connectivity index (χ0) is 24.8. The van der Waals surface area contributed by atoms with Crippen LogP contribution in [0.15, 0.2) is 92.9 Å². The number of rotatable bonds is 8. The van der Waals surface area contributed by atoms with E-state index in [9.17, 15) is 13.6 Å². The molecular formula is C24H17BrF2N4O3S. The predicted molar refractivity (Wildman–Crippen MR) is 133 cm³/mol. The Morgan fingerprint density at radius 1 is 1.09 bits per heavy atom.